The second kappa shape index (κ2) is 9.13. The van der Waals surface area contributed by atoms with Gasteiger partial charge in [0.15, 0.2) is 0 Å². The summed E-state index contributed by atoms with van der Waals surface area (Å²) in [6.07, 6.45) is 12.1. The maximum Gasteiger partial charge on any atom is 0.303 e. The number of carbonyl (C=O) groups is 1. The van der Waals surface area contributed by atoms with Gasteiger partial charge >= 0.3 is 5.97 Å². The van der Waals surface area contributed by atoms with Gasteiger partial charge in [-0.3, -0.25) is 4.79 Å². The van der Waals surface area contributed by atoms with Crippen LogP contribution in [-0.2, 0) is 4.79 Å². The lowest BCUT2D eigenvalue weighted by Gasteiger charge is -2.40. The van der Waals surface area contributed by atoms with Crippen LogP contribution >= 0.6 is 0 Å². The Kier molecular flexibility index (Phi) is 6.62. The Morgan fingerprint density at radius 3 is 2.52 bits per heavy atom. The second-order valence-corrected chi connectivity index (χ2v) is 7.60. The van der Waals surface area contributed by atoms with E-state index in [4.69, 9.17) is 5.11 Å². The predicted octanol–water partition coefficient (Wildman–Crippen LogP) is 3.02. The fourth-order valence-electron chi connectivity index (χ4n) is 4.38. The lowest BCUT2D eigenvalue weighted by atomic mass is 9.82. The Hall–Kier alpha value is -1.69. The van der Waals surface area contributed by atoms with Crippen LogP contribution in [0.5, 0.6) is 0 Å². The number of hydrogen-bond acceptors (Lipinski definition) is 5. The third-order valence-corrected chi connectivity index (χ3v) is 5.91. The van der Waals surface area contributed by atoms with Crippen LogP contribution in [0.3, 0.4) is 0 Å². The van der Waals surface area contributed by atoms with Gasteiger partial charge in [0.1, 0.15) is 0 Å². The van der Waals surface area contributed by atoms with Crippen molar-refractivity contribution in [1.29, 1.82) is 0 Å². The number of aliphatic carboxylic acids is 1. The van der Waals surface area contributed by atoms with E-state index in [1.807, 2.05) is 6.07 Å². The normalized spacial score (nSPS) is 25.6. The maximum absolute atomic E-state index is 10.8. The molecule has 1 aromatic heterocycles. The summed E-state index contributed by atoms with van der Waals surface area (Å²) in [5.74, 6) is 0.572. The number of likely N-dealkylation sites (tertiary alicyclic amines) is 1. The lowest BCUT2D eigenvalue weighted by molar-refractivity contribution is -0.138. The van der Waals surface area contributed by atoms with Crippen LogP contribution in [0.1, 0.15) is 51.4 Å². The highest BCUT2D eigenvalue weighted by molar-refractivity contribution is 5.67. The molecule has 2 aliphatic rings. The number of carboxylic acid groups (broad SMARTS) is 1. The number of piperidine rings is 1. The Morgan fingerprint density at radius 1 is 1.12 bits per heavy atom. The van der Waals surface area contributed by atoms with Crippen molar-refractivity contribution in [3.63, 3.8) is 0 Å². The minimum absolute atomic E-state index is 0.356. The smallest absolute Gasteiger partial charge is 0.303 e. The average molecular weight is 346 g/mol. The summed E-state index contributed by atoms with van der Waals surface area (Å²) < 4.78 is 0. The number of rotatable bonds is 7. The maximum atomic E-state index is 10.8. The molecule has 6 nitrogen and oxygen atoms in total. The number of hydrogen-bond donors (Lipinski definition) is 2. The largest absolute Gasteiger partial charge is 0.481 e. The summed E-state index contributed by atoms with van der Waals surface area (Å²) in [7, 11) is 0. The summed E-state index contributed by atoms with van der Waals surface area (Å²) in [4.78, 5) is 13.5. The first-order valence-corrected chi connectivity index (χ1v) is 9.67. The van der Waals surface area contributed by atoms with Crippen LogP contribution in [0.2, 0.25) is 0 Å². The van der Waals surface area contributed by atoms with Crippen LogP contribution in [0.15, 0.2) is 18.5 Å². The molecule has 0 radical (unpaired) electrons. The van der Waals surface area contributed by atoms with Crippen LogP contribution in [0, 0.1) is 11.8 Å². The van der Waals surface area contributed by atoms with Crippen molar-refractivity contribution in [2.45, 2.75) is 57.4 Å². The van der Waals surface area contributed by atoms with Gasteiger partial charge in [-0.15, -0.1) is 0 Å². The zero-order chi connectivity index (χ0) is 17.5. The van der Waals surface area contributed by atoms with E-state index >= 15 is 0 Å². The van der Waals surface area contributed by atoms with Crippen molar-refractivity contribution < 1.29 is 9.90 Å². The Balaban J connectivity index is 1.32. The predicted molar refractivity (Wildman–Crippen MR) is 97.4 cm³/mol. The van der Waals surface area contributed by atoms with Gasteiger partial charge in [0.05, 0.1) is 18.1 Å². The standard InChI is InChI=1S/C19H30N4O2/c24-19(25)13-16-1-3-18(4-2-16)23-11-7-15(8-12-23)5-9-20-17-6-10-21-22-14-17/h6,10,14-16,18H,1-5,7-9,11-13H2,(H,20,21)(H,24,25). The lowest BCUT2D eigenvalue weighted by Crippen LogP contribution is -2.43. The van der Waals surface area contributed by atoms with Crippen molar-refractivity contribution in [3.8, 4) is 0 Å². The Bertz CT molecular complexity index is 523. The summed E-state index contributed by atoms with van der Waals surface area (Å²) in [5, 5.41) is 20.0. The summed E-state index contributed by atoms with van der Waals surface area (Å²) >= 11 is 0. The average Bonchev–Trinajstić information content (AvgIpc) is 2.63. The number of nitrogens with zero attached hydrogens (tertiary/aromatic N) is 3. The molecule has 2 fully saturated rings. The molecule has 2 heterocycles. The van der Waals surface area contributed by atoms with Crippen molar-refractivity contribution in [2.24, 2.45) is 11.8 Å². The van der Waals surface area contributed by atoms with Crippen molar-refractivity contribution >= 4 is 11.7 Å². The molecule has 0 bridgehead atoms. The molecule has 0 amide bonds. The summed E-state index contributed by atoms with van der Waals surface area (Å²) in [6, 6.07) is 2.64. The van der Waals surface area contributed by atoms with Crippen molar-refractivity contribution in [3.05, 3.63) is 18.5 Å². The first kappa shape index (κ1) is 18.1. The summed E-state index contributed by atoms with van der Waals surface area (Å²) in [5.41, 5.74) is 1.05. The molecular weight excluding hydrogens is 316 g/mol. The Morgan fingerprint density at radius 2 is 1.88 bits per heavy atom. The number of aromatic nitrogens is 2. The molecule has 1 aliphatic heterocycles. The van der Waals surface area contributed by atoms with E-state index in [0.29, 0.717) is 18.4 Å². The minimum atomic E-state index is -0.638. The molecule has 1 saturated carbocycles. The fourth-order valence-corrected chi connectivity index (χ4v) is 4.38. The van der Waals surface area contributed by atoms with Crippen LogP contribution in [0.25, 0.3) is 0 Å². The molecule has 25 heavy (non-hydrogen) atoms. The van der Waals surface area contributed by atoms with Crippen LogP contribution in [-0.4, -0.2) is 51.8 Å². The zero-order valence-electron chi connectivity index (χ0n) is 14.9. The summed E-state index contributed by atoms with van der Waals surface area (Å²) in [6.45, 7) is 3.40. The van der Waals surface area contributed by atoms with Gasteiger partial charge in [0.25, 0.3) is 0 Å². The number of carboxylic acids is 1. The van der Waals surface area contributed by atoms with E-state index in [9.17, 15) is 4.79 Å². The molecule has 1 aliphatic carbocycles. The van der Waals surface area contributed by atoms with Gasteiger partial charge in [-0.25, -0.2) is 0 Å². The van der Waals surface area contributed by atoms with Gasteiger partial charge in [0, 0.05) is 19.0 Å². The van der Waals surface area contributed by atoms with Crippen LogP contribution in [0.4, 0.5) is 5.69 Å². The zero-order valence-corrected chi connectivity index (χ0v) is 14.9. The van der Waals surface area contributed by atoms with Gasteiger partial charge in [-0.1, -0.05) is 0 Å². The van der Waals surface area contributed by atoms with E-state index in [1.54, 1.807) is 12.4 Å². The first-order chi connectivity index (χ1) is 12.2. The van der Waals surface area contributed by atoms with Gasteiger partial charge in [0.2, 0.25) is 0 Å². The monoisotopic (exact) mass is 346 g/mol. The highest BCUT2D eigenvalue weighted by Gasteiger charge is 2.29. The molecule has 6 heteroatoms. The first-order valence-electron chi connectivity index (χ1n) is 9.67. The van der Waals surface area contributed by atoms with E-state index in [-0.39, 0.29) is 0 Å². The molecule has 1 saturated heterocycles. The van der Waals surface area contributed by atoms with Crippen molar-refractivity contribution in [1.82, 2.24) is 15.1 Å². The molecule has 138 valence electrons. The molecule has 3 rings (SSSR count). The highest BCUT2D eigenvalue weighted by Crippen LogP contribution is 2.32. The fraction of sp³-hybridized carbons (Fsp3) is 0.737. The molecule has 2 N–H and O–H groups in total. The van der Waals surface area contributed by atoms with Gasteiger partial charge < -0.3 is 15.3 Å². The third-order valence-electron chi connectivity index (χ3n) is 5.91. The third kappa shape index (κ3) is 5.66. The second-order valence-electron chi connectivity index (χ2n) is 7.60. The van der Waals surface area contributed by atoms with Crippen LogP contribution < -0.4 is 5.32 Å². The topological polar surface area (TPSA) is 78.4 Å². The van der Waals surface area contributed by atoms with E-state index in [0.717, 1.165) is 31.0 Å². The van der Waals surface area contributed by atoms with Gasteiger partial charge in [-0.2, -0.15) is 10.2 Å². The molecule has 0 atom stereocenters. The minimum Gasteiger partial charge on any atom is -0.481 e. The highest BCUT2D eigenvalue weighted by atomic mass is 16.4. The quantitative estimate of drug-likeness (QED) is 0.790. The molecule has 0 aromatic carbocycles. The van der Waals surface area contributed by atoms with Gasteiger partial charge in [-0.05, 0) is 75.9 Å². The number of nitrogens with one attached hydrogen (secondary N) is 1. The molecular formula is C19H30N4O2. The molecule has 1 aromatic rings. The SMILES string of the molecule is O=C(O)CC1CCC(N2CCC(CCNc3ccnnc3)CC2)CC1. The molecule has 0 spiro atoms. The number of anilines is 1. The Labute approximate surface area is 150 Å². The van der Waals surface area contributed by atoms with E-state index < -0.39 is 5.97 Å². The van der Waals surface area contributed by atoms with E-state index in [1.165, 1.54) is 45.2 Å². The van der Waals surface area contributed by atoms with E-state index in [2.05, 4.69) is 20.4 Å². The van der Waals surface area contributed by atoms with Crippen molar-refractivity contribution in [2.75, 3.05) is 25.0 Å². The molecule has 0 unspecified atom stereocenters.